The first-order valence-corrected chi connectivity index (χ1v) is 38.7. The summed E-state index contributed by atoms with van der Waals surface area (Å²) in [4.78, 5) is 45.6. The Hall–Kier alpha value is -7.28. The number of nitrogens with zero attached hydrogens (tertiary/aromatic N) is 5. The molecule has 13 nitrogen and oxygen atoms in total. The number of carbonyl (C=O) groups is 2. The van der Waals surface area contributed by atoms with Crippen LogP contribution in [0.25, 0.3) is 33.8 Å². The van der Waals surface area contributed by atoms with Gasteiger partial charge in [0, 0.05) is 67.8 Å². The number of aliphatic hydroxyl groups is 3. The Balaban J connectivity index is 0.000000173. The molecule has 1 aliphatic carbocycles. The van der Waals surface area contributed by atoms with Gasteiger partial charge in [0.05, 0.1) is 51.9 Å². The summed E-state index contributed by atoms with van der Waals surface area (Å²) in [6.07, 6.45) is 14.5. The zero-order chi connectivity index (χ0) is 74.3. The third-order valence-electron chi connectivity index (χ3n) is 21.4. The molecular weight excluding hydrogens is 1390 g/mol. The van der Waals surface area contributed by atoms with E-state index in [1.54, 1.807) is 30.7 Å². The number of aromatic nitrogens is 3. The van der Waals surface area contributed by atoms with Gasteiger partial charge in [-0.15, -0.1) is 0 Å². The fraction of sp³-hybridized carbons (Fsp3) is 0.360. The summed E-state index contributed by atoms with van der Waals surface area (Å²) in [6, 6.07) is 69.6. The number of pyridine rings is 1. The van der Waals surface area contributed by atoms with Crippen LogP contribution in [-0.2, 0) is 39.0 Å². The van der Waals surface area contributed by atoms with Gasteiger partial charge in [0.1, 0.15) is 5.60 Å². The smallest absolute Gasteiger partial charge is 0.313 e. The SMILES string of the molecule is CC(C)(C(=O)O)c1ccc(C(O)CCCN2CCC(C(O)(c3ccccc3)c3ccccc3)CC2)cc1.CC(C)(O)c1ccccc1CC[C@@H](SCC1(CC(=O)O)CC1)c1cccc(/C=C/c2ccc3ccc(Cl)cc3n2)c1.CN1CCCC(n2nc(Cc3ccc(Cl)cc3)c3ccccc3c2=O)CC1.[Na]. The van der Waals surface area contributed by atoms with E-state index in [1.165, 1.54) is 5.56 Å². The largest absolute Gasteiger partial charge is 0.481 e. The van der Waals surface area contributed by atoms with E-state index in [4.69, 9.17) is 33.3 Å². The van der Waals surface area contributed by atoms with Crippen molar-refractivity contribution >= 4 is 110 Å². The van der Waals surface area contributed by atoms with Gasteiger partial charge in [0.15, 0.2) is 0 Å². The molecular formula is C89H99Cl2N5NaO8S. The molecule has 2 unspecified atom stereocenters. The number of thioether (sulfide) groups is 1. The number of carboxylic acids is 2. The minimum atomic E-state index is -1.01. The molecule has 3 aliphatic rings. The van der Waals surface area contributed by atoms with Crippen molar-refractivity contribution in [2.45, 2.75) is 145 Å². The Morgan fingerprint density at radius 1 is 0.660 bits per heavy atom. The number of aliphatic hydroxyl groups excluding tert-OH is 1. The number of likely N-dealkylation sites (tertiary alicyclic amines) is 2. The topological polar surface area (TPSA) is 190 Å². The van der Waals surface area contributed by atoms with Crippen molar-refractivity contribution in [1.29, 1.82) is 0 Å². The van der Waals surface area contributed by atoms with E-state index >= 15 is 0 Å². The van der Waals surface area contributed by atoms with Crippen LogP contribution in [0.4, 0.5) is 0 Å². The van der Waals surface area contributed by atoms with Gasteiger partial charge in [-0.3, -0.25) is 14.4 Å². The first-order chi connectivity index (χ1) is 50.4. The minimum absolute atomic E-state index is 0. The Morgan fingerprint density at radius 2 is 1.30 bits per heavy atom. The normalized spacial score (nSPS) is 16.4. The van der Waals surface area contributed by atoms with Crippen LogP contribution in [0, 0.1) is 11.3 Å². The van der Waals surface area contributed by atoms with Gasteiger partial charge in [-0.1, -0.05) is 205 Å². The van der Waals surface area contributed by atoms with E-state index in [0.29, 0.717) is 17.9 Å². The van der Waals surface area contributed by atoms with Gasteiger partial charge >= 0.3 is 11.9 Å². The van der Waals surface area contributed by atoms with E-state index < -0.39 is 34.7 Å². The van der Waals surface area contributed by atoms with Gasteiger partial charge in [-0.05, 0) is 242 Å². The van der Waals surface area contributed by atoms with Crippen LogP contribution in [0.2, 0.25) is 10.0 Å². The third kappa shape index (κ3) is 21.4. The standard InChI is InChI=1S/C35H36ClNO3S.C32H39NO4.C22H24ClN3O.Na/c1-34(2,40)30-9-4-3-7-25(30)13-17-32(41-23-35(18-19-35)22-33(38)39)27-8-5-6-24(20-27)10-15-29-16-12-26-11-14-28(36)21-31(26)37-29;1-31(2,30(35)36)25-17-15-24(16-18-25)29(34)14-9-21-33-22-19-28(20-23-33)32(37,26-10-5-3-6-11-26)27-12-7-4-8-13-27;1-25-13-4-5-18(12-14-25)26-22(27)20-7-3-2-6-19(20)21(24-26)15-16-8-10-17(23)11-9-16;/h3-12,14-16,20-21,32,40H,13,17-19,22-23H2,1-2H3,(H,38,39);3-8,10-13,15-18,28-29,34,37H,9,14,19-23H2,1-2H3,(H,35,36);2-3,6-11,18H,4-5,12-15H2,1H3;/b15-10+;;;/t32-;;;/m1.../s1. The van der Waals surface area contributed by atoms with Gasteiger partial charge in [0.25, 0.3) is 5.56 Å². The number of hydrogen-bond acceptors (Lipinski definition) is 11. The molecule has 2 saturated heterocycles. The van der Waals surface area contributed by atoms with Crippen molar-refractivity contribution in [3.63, 3.8) is 0 Å². The Kier molecular flexibility index (Phi) is 28.5. The number of piperidine rings is 1. The molecule has 4 heterocycles. The molecule has 0 bridgehead atoms. The molecule has 1 saturated carbocycles. The summed E-state index contributed by atoms with van der Waals surface area (Å²) in [5, 5.41) is 61.5. The van der Waals surface area contributed by atoms with Crippen molar-refractivity contribution in [2.24, 2.45) is 11.3 Å². The van der Waals surface area contributed by atoms with E-state index in [0.717, 1.165) is 185 Å². The van der Waals surface area contributed by atoms with Crippen LogP contribution in [0.1, 0.15) is 177 Å². The van der Waals surface area contributed by atoms with E-state index in [2.05, 4.69) is 59.3 Å². The quantitative estimate of drug-likeness (QED) is 0.0340. The Morgan fingerprint density at radius 3 is 1.96 bits per heavy atom. The number of aryl methyl sites for hydroxylation is 1. The zero-order valence-electron chi connectivity index (χ0n) is 62.0. The molecule has 5 N–H and O–H groups in total. The molecule has 1 radical (unpaired) electrons. The zero-order valence-corrected chi connectivity index (χ0v) is 66.3. The van der Waals surface area contributed by atoms with Crippen LogP contribution in [0.5, 0.6) is 0 Å². The molecule has 106 heavy (non-hydrogen) atoms. The molecule has 2 aromatic heterocycles. The van der Waals surface area contributed by atoms with Crippen LogP contribution in [0.15, 0.2) is 217 Å². The molecule has 3 fully saturated rings. The molecule has 3 atom stereocenters. The van der Waals surface area contributed by atoms with E-state index in [1.807, 2.05) is 195 Å². The fourth-order valence-electron chi connectivity index (χ4n) is 14.8. The summed E-state index contributed by atoms with van der Waals surface area (Å²) < 4.78 is 1.76. The molecule has 13 rings (SSSR count). The second kappa shape index (κ2) is 37.2. The average molecular weight is 1490 g/mol. The van der Waals surface area contributed by atoms with Gasteiger partial charge in [0.2, 0.25) is 0 Å². The van der Waals surface area contributed by atoms with E-state index in [-0.39, 0.29) is 64.2 Å². The fourth-order valence-corrected chi connectivity index (χ4v) is 16.7. The predicted octanol–water partition coefficient (Wildman–Crippen LogP) is 18.4. The maximum absolute atomic E-state index is 13.1. The molecule has 10 aromatic rings. The molecule has 2 aliphatic heterocycles. The van der Waals surface area contributed by atoms with Crippen LogP contribution < -0.4 is 5.56 Å². The van der Waals surface area contributed by atoms with Crippen molar-refractivity contribution < 1.29 is 35.1 Å². The number of fused-ring (bicyclic) bond motifs is 2. The number of carboxylic acid groups (broad SMARTS) is 2. The molecule has 17 heteroatoms. The first-order valence-electron chi connectivity index (χ1n) is 36.9. The van der Waals surface area contributed by atoms with Gasteiger partial charge in [-0.25, -0.2) is 9.67 Å². The molecule has 0 amide bonds. The Labute approximate surface area is 661 Å². The Bertz CT molecular complexity index is 4600. The number of benzene rings is 8. The summed E-state index contributed by atoms with van der Waals surface area (Å²) in [5.74, 6) is -0.612. The molecule has 8 aromatic carbocycles. The van der Waals surface area contributed by atoms with Crippen molar-refractivity contribution in [2.75, 3.05) is 45.5 Å². The first kappa shape index (κ1) is 81.2. The monoisotopic (exact) mass is 1490 g/mol. The summed E-state index contributed by atoms with van der Waals surface area (Å²) in [7, 11) is 2.14. The minimum Gasteiger partial charge on any atom is -0.481 e. The average Bonchev–Trinajstić information content (AvgIpc) is 1.51. The van der Waals surface area contributed by atoms with Crippen molar-refractivity contribution in [1.82, 2.24) is 24.6 Å². The number of hydrogen-bond donors (Lipinski definition) is 5. The van der Waals surface area contributed by atoms with Crippen molar-refractivity contribution in [3.8, 4) is 0 Å². The maximum atomic E-state index is 13.1. The second-order valence-corrected chi connectivity index (χ2v) is 32.0. The summed E-state index contributed by atoms with van der Waals surface area (Å²) in [6.45, 7) is 11.8. The molecule has 549 valence electrons. The van der Waals surface area contributed by atoms with Gasteiger partial charge in [-0.2, -0.15) is 16.9 Å². The summed E-state index contributed by atoms with van der Waals surface area (Å²) in [5.41, 5.74) is 8.74. The van der Waals surface area contributed by atoms with Gasteiger partial charge < -0.3 is 35.3 Å². The number of rotatable bonds is 25. The number of halogens is 2. The van der Waals surface area contributed by atoms with Crippen LogP contribution in [0.3, 0.4) is 0 Å². The number of aliphatic carboxylic acids is 2. The summed E-state index contributed by atoms with van der Waals surface area (Å²) >= 11 is 14.1. The van der Waals surface area contributed by atoms with Crippen LogP contribution >= 0.6 is 35.0 Å². The predicted molar refractivity (Wildman–Crippen MR) is 434 cm³/mol. The second-order valence-electron chi connectivity index (χ2n) is 30.0. The molecule has 0 spiro atoms. The van der Waals surface area contributed by atoms with E-state index in [9.17, 15) is 39.9 Å². The third-order valence-corrected chi connectivity index (χ3v) is 23.6. The van der Waals surface area contributed by atoms with Crippen LogP contribution in [-0.4, -0.2) is 137 Å². The maximum Gasteiger partial charge on any atom is 0.313 e. The van der Waals surface area contributed by atoms with Crippen molar-refractivity contribution in [3.05, 3.63) is 294 Å².